The molecule has 4 rings (SSSR count). The van der Waals surface area contributed by atoms with Crippen molar-refractivity contribution in [2.45, 2.75) is 19.2 Å². The van der Waals surface area contributed by atoms with Gasteiger partial charge < -0.3 is 14.7 Å². The SMILES string of the molecule is COc1ccc(N(C)CC(C)(O)c2ccc3c(cnn3-c3ccc(F)cc3)c2)cc1.FC(F)F. The molecule has 9 heteroatoms. The quantitative estimate of drug-likeness (QED) is 0.364. The van der Waals surface area contributed by atoms with Gasteiger partial charge in [-0.25, -0.2) is 9.07 Å². The first kappa shape index (κ1) is 25.0. The Balaban J connectivity index is 0.000000751. The summed E-state index contributed by atoms with van der Waals surface area (Å²) in [7, 11) is 3.58. The van der Waals surface area contributed by atoms with Gasteiger partial charge in [0.15, 0.2) is 0 Å². The van der Waals surface area contributed by atoms with Crippen molar-refractivity contribution >= 4 is 16.6 Å². The highest BCUT2D eigenvalue weighted by Crippen LogP contribution is 2.29. The van der Waals surface area contributed by atoms with Crippen LogP contribution >= 0.6 is 0 Å². The van der Waals surface area contributed by atoms with Gasteiger partial charge in [-0.3, -0.25) is 0 Å². The molecule has 0 fully saturated rings. The number of likely N-dealkylation sites (N-methyl/N-ethyl adjacent to an activating group) is 1. The molecule has 0 aliphatic rings. The van der Waals surface area contributed by atoms with Gasteiger partial charge in [-0.05, 0) is 73.2 Å². The zero-order chi connectivity index (χ0) is 24.9. The van der Waals surface area contributed by atoms with Gasteiger partial charge in [-0.15, -0.1) is 0 Å². The van der Waals surface area contributed by atoms with Gasteiger partial charge in [0.25, 0.3) is 0 Å². The summed E-state index contributed by atoms with van der Waals surface area (Å²) in [6.07, 6.45) is 1.76. The number of methoxy groups -OCH3 is 1. The maximum absolute atomic E-state index is 13.2. The summed E-state index contributed by atoms with van der Waals surface area (Å²) in [5.74, 6) is 0.511. The van der Waals surface area contributed by atoms with E-state index in [2.05, 4.69) is 5.10 Å². The van der Waals surface area contributed by atoms with Gasteiger partial charge in [0.1, 0.15) is 17.2 Å². The first-order valence-corrected chi connectivity index (χ1v) is 10.3. The first-order chi connectivity index (χ1) is 16.1. The number of hydrogen-bond donors (Lipinski definition) is 1. The molecule has 4 aromatic rings. The fourth-order valence-electron chi connectivity index (χ4n) is 3.64. The number of fused-ring (bicyclic) bond motifs is 1. The number of hydrogen-bond acceptors (Lipinski definition) is 4. The van der Waals surface area contributed by atoms with Crippen LogP contribution < -0.4 is 9.64 Å². The van der Waals surface area contributed by atoms with E-state index in [1.54, 1.807) is 37.0 Å². The molecule has 1 unspecified atom stereocenters. The summed E-state index contributed by atoms with van der Waals surface area (Å²) in [6.45, 7) is -1.45. The van der Waals surface area contributed by atoms with Gasteiger partial charge in [-0.1, -0.05) is 6.07 Å². The number of alkyl halides is 3. The number of ether oxygens (including phenoxy) is 1. The lowest BCUT2D eigenvalue weighted by molar-refractivity contribution is 0.00818. The molecule has 0 aliphatic heterocycles. The van der Waals surface area contributed by atoms with E-state index in [0.717, 1.165) is 33.6 Å². The molecule has 180 valence electrons. The molecule has 1 aromatic heterocycles. The Labute approximate surface area is 194 Å². The normalized spacial score (nSPS) is 12.7. The van der Waals surface area contributed by atoms with Crippen LogP contribution in [0.1, 0.15) is 12.5 Å². The highest BCUT2D eigenvalue weighted by atomic mass is 19.4. The first-order valence-electron chi connectivity index (χ1n) is 10.3. The van der Waals surface area contributed by atoms with Crippen molar-refractivity contribution < 1.29 is 27.4 Å². The van der Waals surface area contributed by atoms with Crippen molar-refractivity contribution in [2.24, 2.45) is 0 Å². The highest BCUT2D eigenvalue weighted by Gasteiger charge is 2.26. The van der Waals surface area contributed by atoms with E-state index < -0.39 is 12.3 Å². The van der Waals surface area contributed by atoms with Gasteiger partial charge >= 0.3 is 6.68 Å². The second-order valence-electron chi connectivity index (χ2n) is 7.88. The molecular weight excluding hydrogens is 450 g/mol. The van der Waals surface area contributed by atoms with Crippen LogP contribution in [0.2, 0.25) is 0 Å². The molecule has 0 amide bonds. The monoisotopic (exact) mass is 475 g/mol. The van der Waals surface area contributed by atoms with E-state index in [-0.39, 0.29) is 5.82 Å². The van der Waals surface area contributed by atoms with Crippen LogP contribution in [-0.4, -0.2) is 42.3 Å². The highest BCUT2D eigenvalue weighted by molar-refractivity contribution is 5.81. The third-order valence-electron chi connectivity index (χ3n) is 5.32. The fraction of sp³-hybridized carbons (Fsp3) is 0.240. The lowest BCUT2D eigenvalue weighted by Gasteiger charge is -2.31. The molecule has 1 atom stereocenters. The second-order valence-corrected chi connectivity index (χ2v) is 7.88. The van der Waals surface area contributed by atoms with Crippen molar-refractivity contribution in [3.63, 3.8) is 0 Å². The average Bonchev–Trinajstić information content (AvgIpc) is 3.22. The Morgan fingerprint density at radius 2 is 1.65 bits per heavy atom. The van der Waals surface area contributed by atoms with E-state index in [1.807, 2.05) is 54.4 Å². The summed E-state index contributed by atoms with van der Waals surface area (Å²) in [5, 5.41) is 16.5. The third-order valence-corrected chi connectivity index (χ3v) is 5.32. The Morgan fingerprint density at radius 1 is 1.03 bits per heavy atom. The lowest BCUT2D eigenvalue weighted by atomic mass is 9.94. The van der Waals surface area contributed by atoms with Crippen LogP contribution in [0.4, 0.5) is 23.2 Å². The van der Waals surface area contributed by atoms with Crippen LogP contribution in [-0.2, 0) is 5.60 Å². The summed E-state index contributed by atoms with van der Waals surface area (Å²) in [4.78, 5) is 2.01. The number of aliphatic hydroxyl groups is 1. The molecule has 0 aliphatic carbocycles. The van der Waals surface area contributed by atoms with Gasteiger partial charge in [0.2, 0.25) is 0 Å². The minimum atomic E-state index is -3.67. The Kier molecular flexibility index (Phi) is 7.78. The molecule has 0 saturated carbocycles. The second kappa shape index (κ2) is 10.6. The van der Waals surface area contributed by atoms with Crippen LogP contribution in [0, 0.1) is 5.82 Å². The Bertz CT molecular complexity index is 1210. The topological polar surface area (TPSA) is 50.5 Å². The maximum Gasteiger partial charge on any atom is 0.379 e. The number of halogens is 4. The van der Waals surface area contributed by atoms with Crippen molar-refractivity contribution in [1.82, 2.24) is 9.78 Å². The number of anilines is 1. The van der Waals surface area contributed by atoms with E-state index in [4.69, 9.17) is 4.74 Å². The van der Waals surface area contributed by atoms with Crippen molar-refractivity contribution in [3.05, 3.63) is 84.3 Å². The van der Waals surface area contributed by atoms with Crippen molar-refractivity contribution in [2.75, 3.05) is 25.6 Å². The molecular formula is C25H25F4N3O2. The average molecular weight is 475 g/mol. The van der Waals surface area contributed by atoms with Crippen molar-refractivity contribution in [1.29, 1.82) is 0 Å². The van der Waals surface area contributed by atoms with Crippen LogP contribution in [0.3, 0.4) is 0 Å². The summed E-state index contributed by atoms with van der Waals surface area (Å²) >= 11 is 0. The fourth-order valence-corrected chi connectivity index (χ4v) is 3.64. The smallest absolute Gasteiger partial charge is 0.379 e. The Morgan fingerprint density at radius 3 is 2.24 bits per heavy atom. The molecule has 0 bridgehead atoms. The molecule has 5 nitrogen and oxygen atoms in total. The van der Waals surface area contributed by atoms with E-state index in [9.17, 15) is 22.7 Å². The summed E-state index contributed by atoms with van der Waals surface area (Å²) < 4.78 is 49.2. The van der Waals surface area contributed by atoms with Crippen LogP contribution in [0.25, 0.3) is 16.6 Å². The van der Waals surface area contributed by atoms with Gasteiger partial charge in [0.05, 0.1) is 31.1 Å². The molecule has 0 radical (unpaired) electrons. The van der Waals surface area contributed by atoms with E-state index in [0.29, 0.717) is 6.54 Å². The largest absolute Gasteiger partial charge is 0.497 e. The zero-order valence-corrected chi connectivity index (χ0v) is 18.9. The number of aromatic nitrogens is 2. The van der Waals surface area contributed by atoms with Gasteiger partial charge in [-0.2, -0.15) is 18.3 Å². The maximum atomic E-state index is 13.2. The van der Waals surface area contributed by atoms with Crippen LogP contribution in [0.5, 0.6) is 5.75 Å². The predicted molar refractivity (Wildman–Crippen MR) is 124 cm³/mol. The molecule has 3 aromatic carbocycles. The Hall–Kier alpha value is -3.59. The number of benzene rings is 3. The minimum Gasteiger partial charge on any atom is -0.497 e. The number of rotatable bonds is 6. The molecule has 0 spiro atoms. The third kappa shape index (κ3) is 6.05. The van der Waals surface area contributed by atoms with Gasteiger partial charge in [0, 0.05) is 18.1 Å². The summed E-state index contributed by atoms with van der Waals surface area (Å²) in [6, 6.07) is 19.7. The standard InChI is InChI=1S/C24H24FN3O2.CHF3/c1-24(29,16-27(2)20-9-11-22(30-3)12-10-20)18-4-13-23-17(14-18)15-26-28(23)21-7-5-19(25)6-8-21;2-1(3)4/h4-15,29H,16H2,1-3H3;1H. The molecule has 0 saturated heterocycles. The minimum absolute atomic E-state index is 0.283. The lowest BCUT2D eigenvalue weighted by Crippen LogP contribution is -2.36. The summed E-state index contributed by atoms with van der Waals surface area (Å²) in [5.41, 5.74) is 2.39. The number of nitrogens with zero attached hydrogens (tertiary/aromatic N) is 3. The van der Waals surface area contributed by atoms with E-state index >= 15 is 0 Å². The predicted octanol–water partition coefficient (Wildman–Crippen LogP) is 5.70. The molecule has 1 heterocycles. The van der Waals surface area contributed by atoms with E-state index in [1.165, 1.54) is 12.1 Å². The molecule has 34 heavy (non-hydrogen) atoms. The van der Waals surface area contributed by atoms with Crippen molar-refractivity contribution in [3.8, 4) is 11.4 Å². The van der Waals surface area contributed by atoms with Crippen LogP contribution in [0.15, 0.2) is 72.9 Å². The zero-order valence-electron chi connectivity index (χ0n) is 18.9. The molecule has 1 N–H and O–H groups in total.